The summed E-state index contributed by atoms with van der Waals surface area (Å²) >= 11 is 0. The third kappa shape index (κ3) is 4.78. The van der Waals surface area contributed by atoms with Gasteiger partial charge in [-0.3, -0.25) is 4.90 Å². The number of morpholine rings is 1. The molecule has 4 heteroatoms. The second-order valence-electron chi connectivity index (χ2n) is 5.34. The molecule has 4 nitrogen and oxygen atoms in total. The average Bonchev–Trinajstić information content (AvgIpc) is 2.14. The first-order chi connectivity index (χ1) is 7.43. The fourth-order valence-electron chi connectivity index (χ4n) is 2.10. The highest BCUT2D eigenvalue weighted by molar-refractivity contribution is 4.83. The van der Waals surface area contributed by atoms with Crippen LogP contribution in [0.25, 0.3) is 0 Å². The summed E-state index contributed by atoms with van der Waals surface area (Å²) in [4.78, 5) is 2.30. The molecular weight excluding hydrogens is 206 g/mol. The van der Waals surface area contributed by atoms with Crippen LogP contribution in [0.4, 0.5) is 0 Å². The highest BCUT2D eigenvalue weighted by Crippen LogP contribution is 2.20. The number of rotatable bonds is 5. The molecule has 1 heterocycles. The summed E-state index contributed by atoms with van der Waals surface area (Å²) in [7, 11) is 0. The maximum atomic E-state index is 9.17. The zero-order valence-electron chi connectivity index (χ0n) is 10.9. The SMILES string of the molecule is CC(C)OCCN1CC(CO)OC(C)(C)C1. The van der Waals surface area contributed by atoms with Gasteiger partial charge in [0.1, 0.15) is 0 Å². The Hall–Kier alpha value is -0.160. The van der Waals surface area contributed by atoms with Crippen LogP contribution in [-0.2, 0) is 9.47 Å². The van der Waals surface area contributed by atoms with E-state index in [0.29, 0.717) is 0 Å². The smallest absolute Gasteiger partial charge is 0.0940 e. The minimum Gasteiger partial charge on any atom is -0.394 e. The zero-order chi connectivity index (χ0) is 12.2. The molecule has 1 saturated heterocycles. The van der Waals surface area contributed by atoms with Gasteiger partial charge >= 0.3 is 0 Å². The maximum absolute atomic E-state index is 9.17. The predicted molar refractivity (Wildman–Crippen MR) is 63.6 cm³/mol. The van der Waals surface area contributed by atoms with Crippen LogP contribution in [-0.4, -0.2) is 60.7 Å². The fraction of sp³-hybridized carbons (Fsp3) is 1.00. The van der Waals surface area contributed by atoms with Gasteiger partial charge < -0.3 is 14.6 Å². The molecule has 0 radical (unpaired) electrons. The summed E-state index contributed by atoms with van der Waals surface area (Å²) in [5.41, 5.74) is -0.177. The highest BCUT2D eigenvalue weighted by Gasteiger charge is 2.32. The molecule has 0 aromatic rings. The molecule has 0 spiro atoms. The summed E-state index contributed by atoms with van der Waals surface area (Å²) in [5, 5.41) is 9.17. The topological polar surface area (TPSA) is 41.9 Å². The second kappa shape index (κ2) is 5.96. The van der Waals surface area contributed by atoms with Crippen molar-refractivity contribution in [3.8, 4) is 0 Å². The van der Waals surface area contributed by atoms with Gasteiger partial charge in [-0.25, -0.2) is 0 Å². The lowest BCUT2D eigenvalue weighted by Gasteiger charge is -2.42. The molecule has 96 valence electrons. The Labute approximate surface area is 98.5 Å². The molecule has 1 unspecified atom stereocenters. The van der Waals surface area contributed by atoms with Gasteiger partial charge in [0.05, 0.1) is 31.0 Å². The van der Waals surface area contributed by atoms with Crippen LogP contribution in [0.2, 0.25) is 0 Å². The molecule has 1 N–H and O–H groups in total. The predicted octanol–water partition coefficient (Wildman–Crippen LogP) is 0.883. The van der Waals surface area contributed by atoms with E-state index in [1.165, 1.54) is 0 Å². The maximum Gasteiger partial charge on any atom is 0.0940 e. The van der Waals surface area contributed by atoms with Gasteiger partial charge in [-0.2, -0.15) is 0 Å². The van der Waals surface area contributed by atoms with E-state index in [4.69, 9.17) is 9.47 Å². The Kier molecular flexibility index (Phi) is 5.18. The first-order valence-electron chi connectivity index (χ1n) is 6.05. The normalized spacial score (nSPS) is 26.2. The van der Waals surface area contributed by atoms with E-state index in [-0.39, 0.29) is 24.4 Å². The summed E-state index contributed by atoms with van der Waals surface area (Å²) in [6.45, 7) is 11.6. The number of hydrogen-bond donors (Lipinski definition) is 1. The average molecular weight is 231 g/mol. The molecular formula is C12H25NO3. The van der Waals surface area contributed by atoms with Crippen LogP contribution in [0.1, 0.15) is 27.7 Å². The van der Waals surface area contributed by atoms with E-state index in [1.807, 2.05) is 13.8 Å². The monoisotopic (exact) mass is 231 g/mol. The molecule has 1 aliphatic heterocycles. The van der Waals surface area contributed by atoms with Crippen molar-refractivity contribution in [3.05, 3.63) is 0 Å². The Balaban J connectivity index is 2.35. The lowest BCUT2D eigenvalue weighted by molar-refractivity contribution is -0.151. The number of hydrogen-bond acceptors (Lipinski definition) is 4. The molecule has 0 saturated carbocycles. The van der Waals surface area contributed by atoms with Crippen molar-refractivity contribution >= 4 is 0 Å². The molecule has 0 aromatic carbocycles. The third-order valence-electron chi connectivity index (χ3n) is 2.61. The number of aliphatic hydroxyl groups excluding tert-OH is 1. The van der Waals surface area contributed by atoms with Crippen LogP contribution >= 0.6 is 0 Å². The lowest BCUT2D eigenvalue weighted by atomic mass is 10.1. The van der Waals surface area contributed by atoms with Gasteiger partial charge in [0, 0.05) is 19.6 Å². The molecule has 1 atom stereocenters. The molecule has 1 aliphatic rings. The summed E-state index contributed by atoms with van der Waals surface area (Å²) in [5.74, 6) is 0. The summed E-state index contributed by atoms with van der Waals surface area (Å²) in [6, 6.07) is 0. The quantitative estimate of drug-likeness (QED) is 0.763. The molecule has 0 bridgehead atoms. The Morgan fingerprint density at radius 1 is 1.50 bits per heavy atom. The molecule has 0 amide bonds. The van der Waals surface area contributed by atoms with E-state index < -0.39 is 0 Å². The number of nitrogens with zero attached hydrogens (tertiary/aromatic N) is 1. The van der Waals surface area contributed by atoms with Crippen LogP contribution in [0.5, 0.6) is 0 Å². The van der Waals surface area contributed by atoms with Crippen molar-refractivity contribution < 1.29 is 14.6 Å². The second-order valence-corrected chi connectivity index (χ2v) is 5.34. The fourth-order valence-corrected chi connectivity index (χ4v) is 2.10. The Morgan fingerprint density at radius 3 is 2.75 bits per heavy atom. The molecule has 16 heavy (non-hydrogen) atoms. The van der Waals surface area contributed by atoms with E-state index in [0.717, 1.165) is 26.2 Å². The zero-order valence-corrected chi connectivity index (χ0v) is 10.9. The third-order valence-corrected chi connectivity index (χ3v) is 2.61. The number of aliphatic hydroxyl groups is 1. The van der Waals surface area contributed by atoms with E-state index >= 15 is 0 Å². The van der Waals surface area contributed by atoms with Crippen LogP contribution < -0.4 is 0 Å². The molecule has 1 rings (SSSR count). The van der Waals surface area contributed by atoms with Gasteiger partial charge in [0.2, 0.25) is 0 Å². The molecule has 0 aliphatic carbocycles. The first-order valence-corrected chi connectivity index (χ1v) is 6.05. The summed E-state index contributed by atoms with van der Waals surface area (Å²) in [6.07, 6.45) is 0.213. The van der Waals surface area contributed by atoms with E-state index in [1.54, 1.807) is 0 Å². The van der Waals surface area contributed by atoms with Gasteiger partial charge in [-0.1, -0.05) is 0 Å². The van der Waals surface area contributed by atoms with Gasteiger partial charge in [0.15, 0.2) is 0 Å². The van der Waals surface area contributed by atoms with Crippen molar-refractivity contribution in [2.75, 3.05) is 32.8 Å². The van der Waals surface area contributed by atoms with Crippen molar-refractivity contribution in [3.63, 3.8) is 0 Å². The largest absolute Gasteiger partial charge is 0.394 e. The van der Waals surface area contributed by atoms with Gasteiger partial charge in [0.25, 0.3) is 0 Å². The van der Waals surface area contributed by atoms with E-state index in [2.05, 4.69) is 18.7 Å². The Bertz CT molecular complexity index is 206. The molecule has 1 fully saturated rings. The van der Waals surface area contributed by atoms with Crippen molar-refractivity contribution in [1.82, 2.24) is 4.90 Å². The van der Waals surface area contributed by atoms with Gasteiger partial charge in [-0.15, -0.1) is 0 Å². The standard InChI is InChI=1S/C12H25NO3/c1-10(2)15-6-5-13-7-11(8-14)16-12(3,4)9-13/h10-11,14H,5-9H2,1-4H3. The van der Waals surface area contributed by atoms with Crippen LogP contribution in [0, 0.1) is 0 Å². The van der Waals surface area contributed by atoms with Crippen molar-refractivity contribution in [1.29, 1.82) is 0 Å². The van der Waals surface area contributed by atoms with Crippen LogP contribution in [0.3, 0.4) is 0 Å². The minimum absolute atomic E-state index is 0.0669. The highest BCUT2D eigenvalue weighted by atomic mass is 16.5. The first kappa shape index (κ1) is 13.9. The Morgan fingerprint density at radius 2 is 2.19 bits per heavy atom. The van der Waals surface area contributed by atoms with Crippen molar-refractivity contribution in [2.45, 2.75) is 45.5 Å². The van der Waals surface area contributed by atoms with Crippen molar-refractivity contribution in [2.24, 2.45) is 0 Å². The lowest BCUT2D eigenvalue weighted by Crippen LogP contribution is -2.54. The van der Waals surface area contributed by atoms with Crippen LogP contribution in [0.15, 0.2) is 0 Å². The van der Waals surface area contributed by atoms with E-state index in [9.17, 15) is 5.11 Å². The minimum atomic E-state index is -0.177. The number of ether oxygens (including phenoxy) is 2. The molecule has 0 aromatic heterocycles. The summed E-state index contributed by atoms with van der Waals surface area (Å²) < 4.78 is 11.3. The van der Waals surface area contributed by atoms with Gasteiger partial charge in [-0.05, 0) is 27.7 Å².